The standard InChI is InChI=1S/C23H30N2O2/c1-15(2)21-9-7-8-18(5)23(21)24-22(27)10-11-25(19(6)26)20-13-16(3)12-17(4)14-20/h7-9,12-15H,10-11H2,1-6H3,(H,24,27). The van der Waals surface area contributed by atoms with Crippen LogP contribution in [0.5, 0.6) is 0 Å². The Morgan fingerprint density at radius 3 is 2.22 bits per heavy atom. The lowest BCUT2D eigenvalue weighted by molar-refractivity contribution is -0.117. The maximum absolute atomic E-state index is 12.6. The van der Waals surface area contributed by atoms with Gasteiger partial charge in [-0.2, -0.15) is 0 Å². The summed E-state index contributed by atoms with van der Waals surface area (Å²) in [6.45, 7) is 12.1. The summed E-state index contributed by atoms with van der Waals surface area (Å²) in [6.07, 6.45) is 0.248. The molecule has 2 amide bonds. The van der Waals surface area contributed by atoms with Crippen LogP contribution in [0.1, 0.15) is 55.4 Å². The first-order valence-electron chi connectivity index (χ1n) is 9.44. The quantitative estimate of drug-likeness (QED) is 0.771. The number of benzene rings is 2. The molecular formula is C23H30N2O2. The van der Waals surface area contributed by atoms with E-state index in [0.717, 1.165) is 33.6 Å². The highest BCUT2D eigenvalue weighted by atomic mass is 16.2. The molecule has 0 saturated carbocycles. The molecular weight excluding hydrogens is 336 g/mol. The molecule has 2 rings (SSSR count). The molecule has 0 heterocycles. The lowest BCUT2D eigenvalue weighted by atomic mass is 9.98. The SMILES string of the molecule is CC(=O)N(CCC(=O)Nc1c(C)cccc1C(C)C)c1cc(C)cc(C)c1. The van der Waals surface area contributed by atoms with E-state index in [2.05, 4.69) is 25.2 Å². The lowest BCUT2D eigenvalue weighted by Gasteiger charge is -2.22. The van der Waals surface area contributed by atoms with E-state index in [1.807, 2.05) is 51.1 Å². The Kier molecular flexibility index (Phi) is 6.78. The van der Waals surface area contributed by atoms with Crippen molar-refractivity contribution in [1.82, 2.24) is 0 Å². The van der Waals surface area contributed by atoms with Crippen molar-refractivity contribution in [3.63, 3.8) is 0 Å². The van der Waals surface area contributed by atoms with Gasteiger partial charge in [-0.25, -0.2) is 0 Å². The van der Waals surface area contributed by atoms with E-state index in [0.29, 0.717) is 12.5 Å². The first kappa shape index (κ1) is 20.7. The minimum atomic E-state index is -0.0816. The van der Waals surface area contributed by atoms with Crippen molar-refractivity contribution in [2.24, 2.45) is 0 Å². The maximum Gasteiger partial charge on any atom is 0.226 e. The minimum Gasteiger partial charge on any atom is -0.326 e. The molecule has 4 heteroatoms. The normalized spacial score (nSPS) is 10.8. The van der Waals surface area contributed by atoms with Crippen LogP contribution < -0.4 is 10.2 Å². The van der Waals surface area contributed by atoms with Gasteiger partial charge in [-0.15, -0.1) is 0 Å². The van der Waals surface area contributed by atoms with Crippen LogP contribution in [-0.2, 0) is 9.59 Å². The zero-order valence-electron chi connectivity index (χ0n) is 17.2. The number of nitrogens with one attached hydrogen (secondary N) is 1. The molecule has 0 aliphatic carbocycles. The Morgan fingerprint density at radius 1 is 1.04 bits per heavy atom. The Morgan fingerprint density at radius 2 is 1.67 bits per heavy atom. The second kappa shape index (κ2) is 8.85. The number of nitrogens with zero attached hydrogens (tertiary/aromatic N) is 1. The highest BCUT2D eigenvalue weighted by molar-refractivity contribution is 5.95. The van der Waals surface area contributed by atoms with Gasteiger partial charge in [0, 0.05) is 31.3 Å². The van der Waals surface area contributed by atoms with E-state index in [1.54, 1.807) is 4.90 Å². The Bertz CT molecular complexity index is 820. The predicted octanol–water partition coefficient (Wildman–Crippen LogP) is 5.12. The average molecular weight is 367 g/mol. The van der Waals surface area contributed by atoms with E-state index in [4.69, 9.17) is 0 Å². The fourth-order valence-electron chi connectivity index (χ4n) is 3.33. The number of rotatable bonds is 6. The molecule has 0 aliphatic heterocycles. The molecule has 0 saturated heterocycles. The number of anilines is 2. The zero-order chi connectivity index (χ0) is 20.1. The summed E-state index contributed by atoms with van der Waals surface area (Å²) in [5.41, 5.74) is 6.10. The second-order valence-corrected chi connectivity index (χ2v) is 7.51. The molecule has 0 spiro atoms. The van der Waals surface area contributed by atoms with Gasteiger partial charge >= 0.3 is 0 Å². The van der Waals surface area contributed by atoms with E-state index < -0.39 is 0 Å². The topological polar surface area (TPSA) is 49.4 Å². The third-order valence-corrected chi connectivity index (χ3v) is 4.65. The van der Waals surface area contributed by atoms with Crippen LogP contribution in [0, 0.1) is 20.8 Å². The predicted molar refractivity (Wildman–Crippen MR) is 112 cm³/mol. The van der Waals surface area contributed by atoms with Crippen LogP contribution >= 0.6 is 0 Å². The van der Waals surface area contributed by atoms with Crippen molar-refractivity contribution in [2.45, 2.75) is 53.9 Å². The van der Waals surface area contributed by atoms with Gasteiger partial charge in [0.15, 0.2) is 0 Å². The number of carbonyl (C=O) groups excluding carboxylic acids is 2. The van der Waals surface area contributed by atoms with Crippen LogP contribution in [0.15, 0.2) is 36.4 Å². The number of carbonyl (C=O) groups is 2. The molecule has 0 aromatic heterocycles. The molecule has 1 N–H and O–H groups in total. The number of aryl methyl sites for hydroxylation is 3. The van der Waals surface area contributed by atoms with Gasteiger partial charge < -0.3 is 10.2 Å². The summed E-state index contributed by atoms with van der Waals surface area (Å²) in [7, 11) is 0. The second-order valence-electron chi connectivity index (χ2n) is 7.51. The Labute approximate surface area is 162 Å². The van der Waals surface area contributed by atoms with Crippen molar-refractivity contribution in [2.75, 3.05) is 16.8 Å². The summed E-state index contributed by atoms with van der Waals surface area (Å²) in [5.74, 6) is 0.178. The summed E-state index contributed by atoms with van der Waals surface area (Å²) in [6, 6.07) is 12.1. The van der Waals surface area contributed by atoms with E-state index in [-0.39, 0.29) is 18.2 Å². The average Bonchev–Trinajstić information content (AvgIpc) is 2.55. The van der Waals surface area contributed by atoms with Gasteiger partial charge in [0.1, 0.15) is 0 Å². The van der Waals surface area contributed by atoms with Crippen molar-refractivity contribution in [3.8, 4) is 0 Å². The van der Waals surface area contributed by atoms with Crippen molar-refractivity contribution in [1.29, 1.82) is 0 Å². The summed E-state index contributed by atoms with van der Waals surface area (Å²) >= 11 is 0. The molecule has 27 heavy (non-hydrogen) atoms. The highest BCUT2D eigenvalue weighted by Crippen LogP contribution is 2.27. The fourth-order valence-corrected chi connectivity index (χ4v) is 3.33. The summed E-state index contributed by atoms with van der Waals surface area (Å²) in [4.78, 5) is 26.4. The summed E-state index contributed by atoms with van der Waals surface area (Å²) < 4.78 is 0. The van der Waals surface area contributed by atoms with E-state index in [9.17, 15) is 9.59 Å². The summed E-state index contributed by atoms with van der Waals surface area (Å²) in [5, 5.41) is 3.05. The van der Waals surface area contributed by atoms with Crippen molar-refractivity contribution >= 4 is 23.2 Å². The first-order chi connectivity index (χ1) is 12.7. The van der Waals surface area contributed by atoms with Crippen LogP contribution in [0.4, 0.5) is 11.4 Å². The molecule has 0 radical (unpaired) electrons. The molecule has 0 unspecified atom stereocenters. The molecule has 4 nitrogen and oxygen atoms in total. The van der Waals surface area contributed by atoms with Gasteiger partial charge in [0.2, 0.25) is 11.8 Å². The highest BCUT2D eigenvalue weighted by Gasteiger charge is 2.16. The van der Waals surface area contributed by atoms with Crippen LogP contribution in [0.3, 0.4) is 0 Å². The maximum atomic E-state index is 12.6. The van der Waals surface area contributed by atoms with E-state index >= 15 is 0 Å². The number of para-hydroxylation sites is 1. The van der Waals surface area contributed by atoms with Gasteiger partial charge in [0.25, 0.3) is 0 Å². The lowest BCUT2D eigenvalue weighted by Crippen LogP contribution is -2.32. The first-order valence-corrected chi connectivity index (χ1v) is 9.44. The minimum absolute atomic E-state index is 0.0634. The molecule has 2 aromatic carbocycles. The van der Waals surface area contributed by atoms with Gasteiger partial charge in [0.05, 0.1) is 0 Å². The molecule has 0 fully saturated rings. The van der Waals surface area contributed by atoms with Gasteiger partial charge in [-0.05, 0) is 61.1 Å². The number of amides is 2. The largest absolute Gasteiger partial charge is 0.326 e. The molecule has 2 aromatic rings. The van der Waals surface area contributed by atoms with Crippen molar-refractivity contribution in [3.05, 3.63) is 58.7 Å². The molecule has 0 aliphatic rings. The van der Waals surface area contributed by atoms with Crippen LogP contribution in [0.2, 0.25) is 0 Å². The Hall–Kier alpha value is -2.62. The van der Waals surface area contributed by atoms with Crippen LogP contribution in [-0.4, -0.2) is 18.4 Å². The number of hydrogen-bond acceptors (Lipinski definition) is 2. The monoisotopic (exact) mass is 366 g/mol. The van der Waals surface area contributed by atoms with E-state index in [1.165, 1.54) is 6.92 Å². The fraction of sp³-hybridized carbons (Fsp3) is 0.391. The zero-order valence-corrected chi connectivity index (χ0v) is 17.2. The Balaban J connectivity index is 2.13. The molecule has 144 valence electrons. The van der Waals surface area contributed by atoms with Crippen molar-refractivity contribution < 1.29 is 9.59 Å². The smallest absolute Gasteiger partial charge is 0.226 e. The third kappa shape index (κ3) is 5.43. The molecule has 0 bridgehead atoms. The van der Waals surface area contributed by atoms with Gasteiger partial charge in [-0.1, -0.05) is 38.1 Å². The van der Waals surface area contributed by atoms with Gasteiger partial charge in [-0.3, -0.25) is 9.59 Å². The number of hydrogen-bond donors (Lipinski definition) is 1. The third-order valence-electron chi connectivity index (χ3n) is 4.65. The molecule has 0 atom stereocenters. The van der Waals surface area contributed by atoms with Crippen LogP contribution in [0.25, 0.3) is 0 Å².